The van der Waals surface area contributed by atoms with E-state index in [0.717, 1.165) is 6.20 Å². The van der Waals surface area contributed by atoms with Gasteiger partial charge in [0.1, 0.15) is 12.2 Å². The standard InChI is InChI=1S/C8H12N4O6S/c1-2-17-8(14)5-3-10-11-7(5)19(15,16)12-18-4-6(9)13/h3,12H,2,4H2,1H3,(H2,9,13)(H,10,11). The number of rotatable bonds is 7. The molecule has 10 nitrogen and oxygen atoms in total. The number of esters is 1. The van der Waals surface area contributed by atoms with Crippen molar-refractivity contribution in [2.45, 2.75) is 11.9 Å². The van der Waals surface area contributed by atoms with Crippen molar-refractivity contribution in [2.24, 2.45) is 5.73 Å². The fraction of sp³-hybridized carbons (Fsp3) is 0.375. The zero-order valence-electron chi connectivity index (χ0n) is 9.87. The molecule has 0 aromatic carbocycles. The summed E-state index contributed by atoms with van der Waals surface area (Å²) in [5, 5.41) is 5.04. The number of sulfonamides is 1. The normalized spacial score (nSPS) is 11.2. The molecule has 0 spiro atoms. The molecule has 0 bridgehead atoms. The number of aromatic nitrogens is 2. The Hall–Kier alpha value is -1.98. The number of nitrogens with zero attached hydrogens (tertiary/aromatic N) is 1. The number of hydrogen-bond acceptors (Lipinski definition) is 7. The number of carbonyl (C=O) groups excluding carboxylic acids is 2. The number of aromatic amines is 1. The maximum absolute atomic E-state index is 11.7. The van der Waals surface area contributed by atoms with Gasteiger partial charge in [-0.05, 0) is 6.92 Å². The maximum atomic E-state index is 11.7. The first-order chi connectivity index (χ1) is 8.88. The molecule has 0 atom stereocenters. The topological polar surface area (TPSA) is 153 Å². The van der Waals surface area contributed by atoms with Gasteiger partial charge in [0.05, 0.1) is 12.8 Å². The van der Waals surface area contributed by atoms with E-state index in [1.165, 1.54) is 0 Å². The molecule has 0 unspecified atom stereocenters. The van der Waals surface area contributed by atoms with Crippen LogP contribution in [0.3, 0.4) is 0 Å². The molecule has 11 heteroatoms. The van der Waals surface area contributed by atoms with Gasteiger partial charge >= 0.3 is 5.97 Å². The number of hydrogen-bond donors (Lipinski definition) is 3. The second-order valence-corrected chi connectivity index (χ2v) is 4.76. The molecule has 0 aliphatic rings. The average Bonchev–Trinajstić information content (AvgIpc) is 2.78. The molecule has 4 N–H and O–H groups in total. The minimum Gasteiger partial charge on any atom is -0.462 e. The summed E-state index contributed by atoms with van der Waals surface area (Å²) in [6, 6.07) is 0. The molecule has 1 heterocycles. The van der Waals surface area contributed by atoms with Gasteiger partial charge in [-0.3, -0.25) is 14.7 Å². The second-order valence-electron chi connectivity index (χ2n) is 3.18. The van der Waals surface area contributed by atoms with E-state index in [0.29, 0.717) is 0 Å². The number of primary amides is 1. The number of H-pyrrole nitrogens is 1. The van der Waals surface area contributed by atoms with Gasteiger partial charge in [-0.15, -0.1) is 0 Å². The molecule has 0 fully saturated rings. The Morgan fingerprint density at radius 1 is 1.53 bits per heavy atom. The van der Waals surface area contributed by atoms with Crippen molar-refractivity contribution < 1.29 is 27.6 Å². The summed E-state index contributed by atoms with van der Waals surface area (Å²) < 4.78 is 28.1. The molecule has 19 heavy (non-hydrogen) atoms. The molecule has 0 aliphatic heterocycles. The first-order valence-corrected chi connectivity index (χ1v) is 6.49. The number of carbonyl (C=O) groups is 2. The minimum atomic E-state index is -4.21. The Bertz CT molecular complexity index is 566. The lowest BCUT2D eigenvalue weighted by molar-refractivity contribution is -0.123. The molecule has 0 saturated heterocycles. The Morgan fingerprint density at radius 2 is 2.21 bits per heavy atom. The lowest BCUT2D eigenvalue weighted by Crippen LogP contribution is -2.30. The molecular weight excluding hydrogens is 280 g/mol. The third-order valence-electron chi connectivity index (χ3n) is 1.75. The van der Waals surface area contributed by atoms with Crippen LogP contribution in [0.2, 0.25) is 0 Å². The Labute approximate surface area is 108 Å². The van der Waals surface area contributed by atoms with Crippen LogP contribution in [0.25, 0.3) is 0 Å². The molecule has 106 valence electrons. The van der Waals surface area contributed by atoms with Crippen molar-refractivity contribution in [3.8, 4) is 0 Å². The third-order valence-corrected chi connectivity index (χ3v) is 2.94. The van der Waals surface area contributed by atoms with E-state index in [1.807, 2.05) is 0 Å². The van der Waals surface area contributed by atoms with E-state index < -0.39 is 33.5 Å². The van der Waals surface area contributed by atoms with Crippen LogP contribution in [0.15, 0.2) is 11.2 Å². The van der Waals surface area contributed by atoms with E-state index >= 15 is 0 Å². The van der Waals surface area contributed by atoms with Crippen molar-refractivity contribution in [1.29, 1.82) is 0 Å². The molecule has 0 aliphatic carbocycles. The van der Waals surface area contributed by atoms with Gasteiger partial charge in [-0.1, -0.05) is 4.89 Å². The summed E-state index contributed by atoms with van der Waals surface area (Å²) in [5.74, 6) is -1.72. The second kappa shape index (κ2) is 6.26. The van der Waals surface area contributed by atoms with E-state index in [1.54, 1.807) is 11.8 Å². The SMILES string of the molecule is CCOC(=O)c1cn[nH]c1S(=O)(=O)NOCC(N)=O. The smallest absolute Gasteiger partial charge is 0.342 e. The molecule has 0 saturated carbocycles. The highest BCUT2D eigenvalue weighted by atomic mass is 32.2. The lowest BCUT2D eigenvalue weighted by atomic mass is 10.4. The average molecular weight is 292 g/mol. The number of amides is 1. The third kappa shape index (κ3) is 4.01. The largest absolute Gasteiger partial charge is 0.462 e. The van der Waals surface area contributed by atoms with Crippen molar-refractivity contribution in [3.05, 3.63) is 11.8 Å². The van der Waals surface area contributed by atoms with Crippen LogP contribution in [0, 0.1) is 0 Å². The van der Waals surface area contributed by atoms with Crippen molar-refractivity contribution in [2.75, 3.05) is 13.2 Å². The van der Waals surface area contributed by atoms with Crippen LogP contribution in [0.5, 0.6) is 0 Å². The number of nitrogens with two attached hydrogens (primary N) is 1. The summed E-state index contributed by atoms with van der Waals surface area (Å²) in [6.07, 6.45) is 1.00. The van der Waals surface area contributed by atoms with Gasteiger partial charge in [0, 0.05) is 0 Å². The van der Waals surface area contributed by atoms with Crippen LogP contribution in [0.1, 0.15) is 17.3 Å². The first-order valence-electron chi connectivity index (χ1n) is 5.01. The Morgan fingerprint density at radius 3 is 2.79 bits per heavy atom. The van der Waals surface area contributed by atoms with Gasteiger partial charge in [0.15, 0.2) is 5.03 Å². The lowest BCUT2D eigenvalue weighted by Gasteiger charge is -2.05. The van der Waals surface area contributed by atoms with Crippen LogP contribution in [-0.4, -0.2) is 43.7 Å². The van der Waals surface area contributed by atoms with Crippen LogP contribution in [0.4, 0.5) is 0 Å². The van der Waals surface area contributed by atoms with Crippen LogP contribution < -0.4 is 10.6 Å². The van der Waals surface area contributed by atoms with E-state index in [2.05, 4.69) is 19.8 Å². The number of ether oxygens (including phenoxy) is 1. The molecule has 0 radical (unpaired) electrons. The fourth-order valence-corrected chi connectivity index (χ4v) is 1.95. The molecular formula is C8H12N4O6S. The predicted molar refractivity (Wildman–Crippen MR) is 60.0 cm³/mol. The van der Waals surface area contributed by atoms with E-state index in [-0.39, 0.29) is 12.2 Å². The van der Waals surface area contributed by atoms with Crippen molar-refractivity contribution in [3.63, 3.8) is 0 Å². The fourth-order valence-electron chi connectivity index (χ4n) is 1.05. The quantitative estimate of drug-likeness (QED) is 0.399. The van der Waals surface area contributed by atoms with Crippen molar-refractivity contribution in [1.82, 2.24) is 15.1 Å². The Balaban J connectivity index is 2.87. The Kier molecular flexibility index (Phi) is 4.97. The van der Waals surface area contributed by atoms with E-state index in [9.17, 15) is 18.0 Å². The zero-order valence-corrected chi connectivity index (χ0v) is 10.7. The highest BCUT2D eigenvalue weighted by molar-refractivity contribution is 7.89. The summed E-state index contributed by atoms with van der Waals surface area (Å²) in [6.45, 7) is 0.998. The molecule has 1 amide bonds. The highest BCUT2D eigenvalue weighted by Crippen LogP contribution is 2.12. The predicted octanol–water partition coefficient (Wildman–Crippen LogP) is -1.72. The van der Waals surface area contributed by atoms with E-state index in [4.69, 9.17) is 5.73 Å². The van der Waals surface area contributed by atoms with Crippen molar-refractivity contribution >= 4 is 21.9 Å². The first kappa shape index (κ1) is 15.1. The molecule has 1 rings (SSSR count). The molecule has 1 aromatic heterocycles. The summed E-state index contributed by atoms with van der Waals surface area (Å²) in [5.41, 5.74) is 4.48. The molecule has 1 aromatic rings. The van der Waals surface area contributed by atoms with Gasteiger partial charge in [-0.2, -0.15) is 5.10 Å². The summed E-state index contributed by atoms with van der Waals surface area (Å²) in [4.78, 5) is 27.9. The summed E-state index contributed by atoms with van der Waals surface area (Å²) >= 11 is 0. The maximum Gasteiger partial charge on any atom is 0.342 e. The van der Waals surface area contributed by atoms with Gasteiger partial charge < -0.3 is 10.5 Å². The van der Waals surface area contributed by atoms with Gasteiger partial charge in [0.25, 0.3) is 10.0 Å². The zero-order chi connectivity index (χ0) is 14.5. The number of nitrogens with one attached hydrogen (secondary N) is 2. The van der Waals surface area contributed by atoms with Gasteiger partial charge in [0.2, 0.25) is 5.91 Å². The minimum absolute atomic E-state index is 0.0785. The highest BCUT2D eigenvalue weighted by Gasteiger charge is 2.26. The summed E-state index contributed by atoms with van der Waals surface area (Å²) in [7, 11) is -4.21. The van der Waals surface area contributed by atoms with Crippen LogP contribution in [-0.2, 0) is 24.4 Å². The van der Waals surface area contributed by atoms with Crippen LogP contribution >= 0.6 is 0 Å². The monoisotopic (exact) mass is 292 g/mol. The van der Waals surface area contributed by atoms with Gasteiger partial charge in [-0.25, -0.2) is 13.2 Å².